The predicted molar refractivity (Wildman–Crippen MR) is 48.4 cm³/mol. The number of hydrogen-bond acceptors (Lipinski definition) is 0. The summed E-state index contributed by atoms with van der Waals surface area (Å²) < 4.78 is 0. The maximum Gasteiger partial charge on any atom is 0.187 e. The van der Waals surface area contributed by atoms with E-state index in [9.17, 15) is 0 Å². The van der Waals surface area contributed by atoms with Gasteiger partial charge in [-0.05, 0) is 0 Å². The van der Waals surface area contributed by atoms with Crippen LogP contribution in [0.25, 0.3) is 9.69 Å². The summed E-state index contributed by atoms with van der Waals surface area (Å²) in [5.41, 5.74) is 3.03. The van der Waals surface area contributed by atoms with Crippen LogP contribution in [-0.4, -0.2) is 0 Å². The molecule has 0 bridgehead atoms. The Bertz CT molecular complexity index is 352. The van der Waals surface area contributed by atoms with Gasteiger partial charge in [-0.25, -0.2) is 9.69 Å². The van der Waals surface area contributed by atoms with Gasteiger partial charge in [0.1, 0.15) is 0 Å². The highest BCUT2D eigenvalue weighted by molar-refractivity contribution is 5.64. The molecule has 0 fully saturated rings. The van der Waals surface area contributed by atoms with Crippen molar-refractivity contribution in [1.29, 1.82) is 0 Å². The first-order valence-corrected chi connectivity index (χ1v) is 3.55. The SMILES string of the molecule is [C-]#[N+]c1cc(C)c([N+]#[C-])cc1C. The molecule has 0 N–H and O–H groups in total. The molecule has 0 amide bonds. The summed E-state index contributed by atoms with van der Waals surface area (Å²) in [5, 5.41) is 0. The molecular weight excluding hydrogens is 148 g/mol. The Kier molecular flexibility index (Phi) is 2.12. The van der Waals surface area contributed by atoms with Gasteiger partial charge in [-0.15, -0.1) is 0 Å². The highest BCUT2D eigenvalue weighted by atomic mass is 14.7. The maximum absolute atomic E-state index is 6.86. The van der Waals surface area contributed by atoms with Crippen LogP contribution in [0, 0.1) is 27.0 Å². The third kappa shape index (κ3) is 1.28. The van der Waals surface area contributed by atoms with Crippen molar-refractivity contribution < 1.29 is 0 Å². The van der Waals surface area contributed by atoms with E-state index in [1.54, 1.807) is 12.1 Å². The summed E-state index contributed by atoms with van der Waals surface area (Å²) in [6.45, 7) is 17.4. The van der Waals surface area contributed by atoms with Gasteiger partial charge in [-0.1, -0.05) is 37.1 Å². The van der Waals surface area contributed by atoms with Crippen molar-refractivity contribution >= 4 is 11.4 Å². The molecule has 1 aromatic carbocycles. The van der Waals surface area contributed by atoms with Crippen LogP contribution in [0.4, 0.5) is 11.4 Å². The number of nitrogens with zero attached hydrogens (tertiary/aromatic N) is 2. The average molecular weight is 156 g/mol. The lowest BCUT2D eigenvalue weighted by atomic mass is 10.1. The fourth-order valence-electron chi connectivity index (χ4n) is 1.03. The Labute approximate surface area is 72.1 Å². The van der Waals surface area contributed by atoms with Crippen molar-refractivity contribution in [2.24, 2.45) is 0 Å². The number of benzene rings is 1. The first kappa shape index (κ1) is 8.30. The lowest BCUT2D eigenvalue weighted by Crippen LogP contribution is -1.76. The van der Waals surface area contributed by atoms with E-state index in [-0.39, 0.29) is 0 Å². The Morgan fingerprint density at radius 1 is 0.917 bits per heavy atom. The molecule has 0 aliphatic rings. The first-order valence-electron chi connectivity index (χ1n) is 3.55. The molecule has 1 aromatic rings. The van der Waals surface area contributed by atoms with E-state index in [1.807, 2.05) is 13.8 Å². The van der Waals surface area contributed by atoms with E-state index in [4.69, 9.17) is 13.1 Å². The highest BCUT2D eigenvalue weighted by Gasteiger charge is 2.02. The molecule has 0 saturated carbocycles. The van der Waals surface area contributed by atoms with Gasteiger partial charge in [0.2, 0.25) is 0 Å². The van der Waals surface area contributed by atoms with Crippen molar-refractivity contribution in [3.05, 3.63) is 46.1 Å². The lowest BCUT2D eigenvalue weighted by Gasteiger charge is -2.00. The minimum Gasteiger partial charge on any atom is -0.238 e. The van der Waals surface area contributed by atoms with E-state index >= 15 is 0 Å². The standard InChI is InChI=1S/C10H8N2/c1-7-5-10(12-4)8(2)6-9(7)11-3/h5-6H,1-2H3. The molecule has 0 unspecified atom stereocenters. The summed E-state index contributed by atoms with van der Waals surface area (Å²) in [6.07, 6.45) is 0. The highest BCUT2D eigenvalue weighted by Crippen LogP contribution is 2.28. The summed E-state index contributed by atoms with van der Waals surface area (Å²) >= 11 is 0. The Hall–Kier alpha value is -1.80. The maximum atomic E-state index is 6.86. The van der Waals surface area contributed by atoms with Gasteiger partial charge in [0.15, 0.2) is 11.4 Å². The Morgan fingerprint density at radius 2 is 1.25 bits per heavy atom. The van der Waals surface area contributed by atoms with Crippen molar-refractivity contribution in [3.63, 3.8) is 0 Å². The zero-order valence-corrected chi connectivity index (χ0v) is 7.05. The van der Waals surface area contributed by atoms with Crippen LogP contribution in [0.5, 0.6) is 0 Å². The first-order chi connectivity index (χ1) is 5.69. The van der Waals surface area contributed by atoms with Gasteiger partial charge in [0, 0.05) is 0 Å². The zero-order chi connectivity index (χ0) is 9.14. The molecular formula is C10H8N2. The molecule has 0 radical (unpaired) electrons. The second-order valence-corrected chi connectivity index (χ2v) is 2.65. The predicted octanol–water partition coefficient (Wildman–Crippen LogP) is 3.41. The fourth-order valence-corrected chi connectivity index (χ4v) is 1.03. The van der Waals surface area contributed by atoms with E-state index in [2.05, 4.69) is 9.69 Å². The largest absolute Gasteiger partial charge is 0.238 e. The molecule has 0 aromatic heterocycles. The third-order valence-electron chi connectivity index (χ3n) is 1.76. The molecule has 0 aliphatic heterocycles. The van der Waals surface area contributed by atoms with Crippen molar-refractivity contribution in [2.75, 3.05) is 0 Å². The summed E-state index contributed by atoms with van der Waals surface area (Å²) in [7, 11) is 0. The quantitative estimate of drug-likeness (QED) is 0.509. The minimum atomic E-state index is 0.639. The van der Waals surface area contributed by atoms with E-state index in [0.29, 0.717) is 11.4 Å². The molecule has 0 aliphatic carbocycles. The van der Waals surface area contributed by atoms with E-state index in [1.165, 1.54) is 0 Å². The topological polar surface area (TPSA) is 8.72 Å². The number of rotatable bonds is 0. The van der Waals surface area contributed by atoms with Gasteiger partial charge in [-0.3, -0.25) is 0 Å². The van der Waals surface area contributed by atoms with E-state index < -0.39 is 0 Å². The fraction of sp³-hybridized carbons (Fsp3) is 0.200. The summed E-state index contributed by atoms with van der Waals surface area (Å²) in [4.78, 5) is 6.71. The molecule has 1 rings (SSSR count). The second-order valence-electron chi connectivity index (χ2n) is 2.65. The van der Waals surface area contributed by atoms with Gasteiger partial charge < -0.3 is 0 Å². The summed E-state index contributed by atoms with van der Waals surface area (Å²) in [5.74, 6) is 0. The van der Waals surface area contributed by atoms with Crippen LogP contribution >= 0.6 is 0 Å². The lowest BCUT2D eigenvalue weighted by molar-refractivity contribution is 1.42. The minimum absolute atomic E-state index is 0.639. The summed E-state index contributed by atoms with van der Waals surface area (Å²) in [6, 6.07) is 3.52. The van der Waals surface area contributed by atoms with Gasteiger partial charge >= 0.3 is 0 Å². The molecule has 0 saturated heterocycles. The monoisotopic (exact) mass is 156 g/mol. The molecule has 58 valence electrons. The van der Waals surface area contributed by atoms with Gasteiger partial charge in [-0.2, -0.15) is 0 Å². The Morgan fingerprint density at radius 3 is 1.50 bits per heavy atom. The number of aryl methyl sites for hydroxylation is 2. The van der Waals surface area contributed by atoms with Crippen molar-refractivity contribution in [1.82, 2.24) is 0 Å². The molecule has 0 heterocycles. The van der Waals surface area contributed by atoms with Gasteiger partial charge in [0.25, 0.3) is 0 Å². The van der Waals surface area contributed by atoms with Crippen molar-refractivity contribution in [3.8, 4) is 0 Å². The Balaban J connectivity index is 3.41. The van der Waals surface area contributed by atoms with Crippen LogP contribution in [-0.2, 0) is 0 Å². The normalized spacial score (nSPS) is 8.67. The molecule has 12 heavy (non-hydrogen) atoms. The zero-order valence-electron chi connectivity index (χ0n) is 7.05. The van der Waals surface area contributed by atoms with E-state index in [0.717, 1.165) is 11.1 Å². The van der Waals surface area contributed by atoms with Crippen LogP contribution in [0.1, 0.15) is 11.1 Å². The van der Waals surface area contributed by atoms with Crippen LogP contribution in [0.2, 0.25) is 0 Å². The second kappa shape index (κ2) is 3.07. The van der Waals surface area contributed by atoms with Crippen molar-refractivity contribution in [2.45, 2.75) is 13.8 Å². The third-order valence-corrected chi connectivity index (χ3v) is 1.76. The van der Waals surface area contributed by atoms with Crippen LogP contribution in [0.3, 0.4) is 0 Å². The molecule has 2 heteroatoms. The molecule has 2 nitrogen and oxygen atoms in total. The van der Waals surface area contributed by atoms with Crippen LogP contribution < -0.4 is 0 Å². The van der Waals surface area contributed by atoms with Gasteiger partial charge in [0.05, 0.1) is 13.1 Å². The average Bonchev–Trinajstić information content (AvgIpc) is 2.08. The number of hydrogen-bond donors (Lipinski definition) is 0. The van der Waals surface area contributed by atoms with Crippen LogP contribution in [0.15, 0.2) is 12.1 Å². The molecule has 0 atom stereocenters. The molecule has 0 spiro atoms. The smallest absolute Gasteiger partial charge is 0.187 e.